The van der Waals surface area contributed by atoms with Gasteiger partial charge in [-0.05, 0) is 44.4 Å². The molecule has 0 spiro atoms. The van der Waals surface area contributed by atoms with Crippen LogP contribution in [0.3, 0.4) is 0 Å². The molecule has 116 valence electrons. The lowest BCUT2D eigenvalue weighted by atomic mass is 10.1. The lowest BCUT2D eigenvalue weighted by molar-refractivity contribution is -0.123. The number of rotatable bonds is 7. The van der Waals surface area contributed by atoms with Crippen molar-refractivity contribution in [2.24, 2.45) is 0 Å². The van der Waals surface area contributed by atoms with Gasteiger partial charge in [0.25, 0.3) is 5.91 Å². The molecule has 2 N–H and O–H groups in total. The van der Waals surface area contributed by atoms with Crippen molar-refractivity contribution < 1.29 is 9.59 Å². The van der Waals surface area contributed by atoms with Crippen LogP contribution in [-0.4, -0.2) is 35.9 Å². The van der Waals surface area contributed by atoms with Crippen LogP contribution in [0, 0.1) is 0 Å². The van der Waals surface area contributed by atoms with Crippen molar-refractivity contribution in [3.8, 4) is 0 Å². The van der Waals surface area contributed by atoms with Crippen LogP contribution in [0.5, 0.6) is 0 Å². The molecule has 0 bridgehead atoms. The maximum absolute atomic E-state index is 12.2. The number of carbonyl (C=O) groups excluding carboxylic acids is 2. The Balaban J connectivity index is 2.78. The molecule has 1 aromatic carbocycles. The maximum atomic E-state index is 12.2. The number of carbonyl (C=O) groups is 2. The highest BCUT2D eigenvalue weighted by molar-refractivity contribution is 7.98. The summed E-state index contributed by atoms with van der Waals surface area (Å²) < 4.78 is 0. The first-order valence-electron chi connectivity index (χ1n) is 6.80. The van der Waals surface area contributed by atoms with E-state index in [-0.39, 0.29) is 17.9 Å². The van der Waals surface area contributed by atoms with E-state index in [1.807, 2.05) is 20.1 Å². The Labute approximate surface area is 135 Å². The molecule has 1 atom stereocenters. The Bertz CT molecular complexity index is 494. The fourth-order valence-electron chi connectivity index (χ4n) is 1.77. The van der Waals surface area contributed by atoms with E-state index in [1.54, 1.807) is 36.0 Å². The number of hydrogen-bond donors (Lipinski definition) is 2. The topological polar surface area (TPSA) is 58.2 Å². The maximum Gasteiger partial charge on any atom is 0.253 e. The third-order valence-corrected chi connectivity index (χ3v) is 3.76. The van der Waals surface area contributed by atoms with E-state index in [9.17, 15) is 9.59 Å². The van der Waals surface area contributed by atoms with Crippen LogP contribution in [0.15, 0.2) is 24.3 Å². The molecule has 1 aromatic rings. The summed E-state index contributed by atoms with van der Waals surface area (Å²) in [5.74, 6) is 0.295. The van der Waals surface area contributed by atoms with Crippen LogP contribution in [0.2, 0.25) is 5.02 Å². The number of halogens is 1. The Hall–Kier alpha value is -1.20. The second kappa shape index (κ2) is 8.95. The first-order chi connectivity index (χ1) is 9.95. The second-order valence-electron chi connectivity index (χ2n) is 4.95. The van der Waals surface area contributed by atoms with E-state index in [1.165, 1.54) is 0 Å². The largest absolute Gasteiger partial charge is 0.352 e. The van der Waals surface area contributed by atoms with Crippen molar-refractivity contribution >= 4 is 35.2 Å². The van der Waals surface area contributed by atoms with Crippen LogP contribution in [0.4, 0.5) is 0 Å². The SMILES string of the molecule is CSCC[C@H](NC(=O)c1ccccc1Cl)C(=O)NC(C)C. The Morgan fingerprint density at radius 1 is 1.24 bits per heavy atom. The van der Waals surface area contributed by atoms with Crippen molar-refractivity contribution in [3.05, 3.63) is 34.9 Å². The van der Waals surface area contributed by atoms with Crippen molar-refractivity contribution in [2.75, 3.05) is 12.0 Å². The van der Waals surface area contributed by atoms with Crippen LogP contribution >= 0.6 is 23.4 Å². The summed E-state index contributed by atoms with van der Waals surface area (Å²) in [7, 11) is 0. The van der Waals surface area contributed by atoms with Crippen molar-refractivity contribution in [3.63, 3.8) is 0 Å². The van der Waals surface area contributed by atoms with Crippen LogP contribution in [0.1, 0.15) is 30.6 Å². The van der Waals surface area contributed by atoms with E-state index >= 15 is 0 Å². The van der Waals surface area contributed by atoms with Gasteiger partial charge in [0.05, 0.1) is 10.6 Å². The number of amides is 2. The quantitative estimate of drug-likeness (QED) is 0.809. The molecule has 0 aliphatic heterocycles. The molecule has 6 heteroatoms. The van der Waals surface area contributed by atoms with Gasteiger partial charge in [0.2, 0.25) is 5.91 Å². The van der Waals surface area contributed by atoms with E-state index in [2.05, 4.69) is 10.6 Å². The molecule has 0 saturated carbocycles. The third kappa shape index (κ3) is 5.98. The minimum Gasteiger partial charge on any atom is -0.352 e. The van der Waals surface area contributed by atoms with E-state index in [0.29, 0.717) is 17.0 Å². The number of thioether (sulfide) groups is 1. The molecule has 0 radical (unpaired) electrons. The standard InChI is InChI=1S/C15H21ClN2O2S/c1-10(2)17-15(20)13(8-9-21-3)18-14(19)11-6-4-5-7-12(11)16/h4-7,10,13H,8-9H2,1-3H3,(H,17,20)(H,18,19)/t13-/m0/s1. The van der Waals surface area contributed by atoms with Crippen molar-refractivity contribution in [2.45, 2.75) is 32.4 Å². The predicted molar refractivity (Wildman–Crippen MR) is 89.0 cm³/mol. The summed E-state index contributed by atoms with van der Waals surface area (Å²) in [5, 5.41) is 5.97. The highest BCUT2D eigenvalue weighted by Gasteiger charge is 2.22. The van der Waals surface area contributed by atoms with Gasteiger partial charge in [-0.1, -0.05) is 23.7 Å². The molecule has 0 fully saturated rings. The van der Waals surface area contributed by atoms with E-state index in [4.69, 9.17) is 11.6 Å². The zero-order valence-electron chi connectivity index (χ0n) is 12.5. The lowest BCUT2D eigenvalue weighted by Gasteiger charge is -2.20. The number of nitrogens with one attached hydrogen (secondary N) is 2. The van der Waals surface area contributed by atoms with Gasteiger partial charge in [0.1, 0.15) is 6.04 Å². The number of hydrogen-bond acceptors (Lipinski definition) is 3. The summed E-state index contributed by atoms with van der Waals surface area (Å²) in [6, 6.07) is 6.28. The van der Waals surface area contributed by atoms with Gasteiger partial charge < -0.3 is 10.6 Å². The summed E-state index contributed by atoms with van der Waals surface area (Å²) in [4.78, 5) is 24.4. The molecule has 0 saturated heterocycles. The summed E-state index contributed by atoms with van der Waals surface area (Å²) >= 11 is 7.64. The van der Waals surface area contributed by atoms with Crippen LogP contribution < -0.4 is 10.6 Å². The molecule has 4 nitrogen and oxygen atoms in total. The minimum atomic E-state index is -0.552. The molecule has 2 amide bonds. The Kier molecular flexibility index (Phi) is 7.61. The molecule has 21 heavy (non-hydrogen) atoms. The molecule has 0 unspecified atom stereocenters. The molecular formula is C15H21ClN2O2S. The van der Waals surface area contributed by atoms with Crippen LogP contribution in [-0.2, 0) is 4.79 Å². The monoisotopic (exact) mass is 328 g/mol. The van der Waals surface area contributed by atoms with Gasteiger partial charge in [-0.2, -0.15) is 11.8 Å². The van der Waals surface area contributed by atoms with E-state index < -0.39 is 6.04 Å². The molecule has 0 aromatic heterocycles. The second-order valence-corrected chi connectivity index (χ2v) is 6.34. The zero-order valence-corrected chi connectivity index (χ0v) is 14.1. The van der Waals surface area contributed by atoms with Gasteiger partial charge in [-0.15, -0.1) is 0 Å². The van der Waals surface area contributed by atoms with Crippen LogP contribution in [0.25, 0.3) is 0 Å². The van der Waals surface area contributed by atoms with Gasteiger partial charge in [-0.3, -0.25) is 9.59 Å². The molecule has 0 heterocycles. The molecule has 0 aliphatic rings. The molecule has 0 aliphatic carbocycles. The third-order valence-electron chi connectivity index (χ3n) is 2.78. The van der Waals surface area contributed by atoms with Crippen molar-refractivity contribution in [1.29, 1.82) is 0 Å². The minimum absolute atomic E-state index is 0.0338. The highest BCUT2D eigenvalue weighted by Crippen LogP contribution is 2.15. The summed E-state index contributed by atoms with van der Waals surface area (Å²) in [5.41, 5.74) is 0.380. The fraction of sp³-hybridized carbons (Fsp3) is 0.467. The molecular weight excluding hydrogens is 308 g/mol. The highest BCUT2D eigenvalue weighted by atomic mass is 35.5. The Morgan fingerprint density at radius 2 is 1.90 bits per heavy atom. The van der Waals surface area contributed by atoms with Gasteiger partial charge in [0.15, 0.2) is 0 Å². The summed E-state index contributed by atoms with van der Waals surface area (Å²) in [6.45, 7) is 3.78. The average molecular weight is 329 g/mol. The van der Waals surface area contributed by atoms with Crippen molar-refractivity contribution in [1.82, 2.24) is 10.6 Å². The normalized spacial score (nSPS) is 12.0. The smallest absolute Gasteiger partial charge is 0.253 e. The fourth-order valence-corrected chi connectivity index (χ4v) is 2.46. The predicted octanol–water partition coefficient (Wildman–Crippen LogP) is 2.72. The lowest BCUT2D eigenvalue weighted by Crippen LogP contribution is -2.48. The Morgan fingerprint density at radius 3 is 2.48 bits per heavy atom. The summed E-state index contributed by atoms with van der Waals surface area (Å²) in [6.07, 6.45) is 2.54. The first kappa shape index (κ1) is 17.9. The molecule has 1 rings (SSSR count). The van der Waals surface area contributed by atoms with E-state index in [0.717, 1.165) is 5.75 Å². The number of benzene rings is 1. The van der Waals surface area contributed by atoms with Gasteiger partial charge in [-0.25, -0.2) is 0 Å². The van der Waals surface area contributed by atoms with Gasteiger partial charge >= 0.3 is 0 Å². The first-order valence-corrected chi connectivity index (χ1v) is 8.57. The average Bonchev–Trinajstić information content (AvgIpc) is 2.42. The van der Waals surface area contributed by atoms with Gasteiger partial charge in [0, 0.05) is 6.04 Å². The zero-order chi connectivity index (χ0) is 15.8.